The monoisotopic (exact) mass is 301 g/mol. The molecule has 2 atom stereocenters. The van der Waals surface area contributed by atoms with Crippen LogP contribution in [0.5, 0.6) is 0 Å². The van der Waals surface area contributed by atoms with Gasteiger partial charge in [0.15, 0.2) is 0 Å². The number of anilines is 2. The lowest BCUT2D eigenvalue weighted by atomic mass is 10.00. The van der Waals surface area contributed by atoms with E-state index in [1.807, 2.05) is 24.3 Å². The first-order chi connectivity index (χ1) is 10.6. The number of hydrogen-bond donors (Lipinski definition) is 3. The van der Waals surface area contributed by atoms with E-state index in [0.717, 1.165) is 43.5 Å². The predicted molar refractivity (Wildman–Crippen MR) is 86.4 cm³/mol. The van der Waals surface area contributed by atoms with Gasteiger partial charge in [-0.1, -0.05) is 6.42 Å². The summed E-state index contributed by atoms with van der Waals surface area (Å²) in [5.41, 5.74) is 7.52. The molecule has 5 nitrogen and oxygen atoms in total. The summed E-state index contributed by atoms with van der Waals surface area (Å²) in [4.78, 5) is 23.7. The molecule has 0 saturated heterocycles. The Morgan fingerprint density at radius 2 is 1.64 bits per heavy atom. The topological polar surface area (TPSA) is 84.2 Å². The number of amides is 2. The van der Waals surface area contributed by atoms with Gasteiger partial charge in [0.1, 0.15) is 0 Å². The van der Waals surface area contributed by atoms with Crippen LogP contribution in [-0.2, 0) is 9.59 Å². The molecule has 2 amide bonds. The SMILES string of the molecule is N[C@@H]1CCC[C@H]1CC(=O)Nc1ccc(NC(=O)C2CC2)cc1. The molecule has 0 unspecified atom stereocenters. The average molecular weight is 301 g/mol. The van der Waals surface area contributed by atoms with Gasteiger partial charge in [-0.3, -0.25) is 9.59 Å². The summed E-state index contributed by atoms with van der Waals surface area (Å²) >= 11 is 0. The average Bonchev–Trinajstić information content (AvgIpc) is 3.27. The molecule has 0 bridgehead atoms. The molecule has 2 aliphatic carbocycles. The van der Waals surface area contributed by atoms with Gasteiger partial charge in [0.05, 0.1) is 0 Å². The van der Waals surface area contributed by atoms with Crippen molar-refractivity contribution in [2.45, 2.75) is 44.6 Å². The molecule has 2 fully saturated rings. The second kappa shape index (κ2) is 6.48. The minimum absolute atomic E-state index is 0.0112. The van der Waals surface area contributed by atoms with Gasteiger partial charge >= 0.3 is 0 Å². The molecule has 118 valence electrons. The van der Waals surface area contributed by atoms with Crippen LogP contribution in [0.4, 0.5) is 11.4 Å². The molecule has 22 heavy (non-hydrogen) atoms. The summed E-state index contributed by atoms with van der Waals surface area (Å²) in [6, 6.07) is 7.42. The van der Waals surface area contributed by atoms with Crippen LogP contribution in [0.1, 0.15) is 38.5 Å². The van der Waals surface area contributed by atoms with Crippen molar-refractivity contribution >= 4 is 23.2 Å². The highest BCUT2D eigenvalue weighted by Crippen LogP contribution is 2.30. The third-order valence-corrected chi connectivity index (χ3v) is 4.55. The standard InChI is InChI=1S/C17H23N3O2/c18-15-3-1-2-12(15)10-16(21)19-13-6-8-14(9-7-13)20-17(22)11-4-5-11/h6-9,11-12,15H,1-5,10,18H2,(H,19,21)(H,20,22)/t12-,15+/m0/s1. The lowest BCUT2D eigenvalue weighted by Gasteiger charge is -2.15. The fourth-order valence-corrected chi connectivity index (χ4v) is 3.00. The van der Waals surface area contributed by atoms with Gasteiger partial charge in [0.25, 0.3) is 0 Å². The molecule has 1 aromatic carbocycles. The Morgan fingerprint density at radius 3 is 2.18 bits per heavy atom. The van der Waals surface area contributed by atoms with E-state index in [1.54, 1.807) is 0 Å². The van der Waals surface area contributed by atoms with Crippen molar-refractivity contribution in [1.29, 1.82) is 0 Å². The number of nitrogens with one attached hydrogen (secondary N) is 2. The maximum absolute atomic E-state index is 12.0. The van der Waals surface area contributed by atoms with Crippen molar-refractivity contribution in [3.8, 4) is 0 Å². The van der Waals surface area contributed by atoms with Crippen LogP contribution in [0, 0.1) is 11.8 Å². The zero-order chi connectivity index (χ0) is 15.5. The van der Waals surface area contributed by atoms with Crippen LogP contribution in [0.25, 0.3) is 0 Å². The van der Waals surface area contributed by atoms with Crippen molar-refractivity contribution < 1.29 is 9.59 Å². The summed E-state index contributed by atoms with van der Waals surface area (Å²) in [6.45, 7) is 0. The summed E-state index contributed by atoms with van der Waals surface area (Å²) in [5.74, 6) is 0.594. The van der Waals surface area contributed by atoms with Crippen molar-refractivity contribution in [3.05, 3.63) is 24.3 Å². The normalized spacial score (nSPS) is 24.0. The Bertz CT molecular complexity index is 552. The van der Waals surface area contributed by atoms with Gasteiger partial charge in [-0.05, 0) is 55.9 Å². The fraction of sp³-hybridized carbons (Fsp3) is 0.529. The zero-order valence-corrected chi connectivity index (χ0v) is 12.7. The third kappa shape index (κ3) is 3.85. The summed E-state index contributed by atoms with van der Waals surface area (Å²) in [6.07, 6.45) is 5.65. The second-order valence-electron chi connectivity index (χ2n) is 6.45. The van der Waals surface area contributed by atoms with E-state index in [0.29, 0.717) is 12.3 Å². The van der Waals surface area contributed by atoms with E-state index in [-0.39, 0.29) is 23.8 Å². The third-order valence-electron chi connectivity index (χ3n) is 4.55. The minimum Gasteiger partial charge on any atom is -0.327 e. The number of rotatable bonds is 5. The fourth-order valence-electron chi connectivity index (χ4n) is 3.00. The van der Waals surface area contributed by atoms with Gasteiger partial charge in [0, 0.05) is 29.8 Å². The largest absolute Gasteiger partial charge is 0.327 e. The summed E-state index contributed by atoms with van der Waals surface area (Å²) in [5, 5.41) is 5.78. The smallest absolute Gasteiger partial charge is 0.227 e. The van der Waals surface area contributed by atoms with Crippen molar-refractivity contribution in [2.24, 2.45) is 17.6 Å². The van der Waals surface area contributed by atoms with Gasteiger partial charge in [-0.2, -0.15) is 0 Å². The van der Waals surface area contributed by atoms with Gasteiger partial charge in [0.2, 0.25) is 11.8 Å². The van der Waals surface area contributed by atoms with E-state index < -0.39 is 0 Å². The Morgan fingerprint density at radius 1 is 1.00 bits per heavy atom. The lowest BCUT2D eigenvalue weighted by molar-refractivity contribution is -0.118. The molecular weight excluding hydrogens is 278 g/mol. The van der Waals surface area contributed by atoms with Gasteiger partial charge in [-0.25, -0.2) is 0 Å². The van der Waals surface area contributed by atoms with E-state index in [4.69, 9.17) is 5.73 Å². The maximum Gasteiger partial charge on any atom is 0.227 e. The van der Waals surface area contributed by atoms with Crippen molar-refractivity contribution in [1.82, 2.24) is 0 Å². The molecule has 2 saturated carbocycles. The minimum atomic E-state index is 0.0112. The number of carbonyl (C=O) groups excluding carboxylic acids is 2. The first-order valence-corrected chi connectivity index (χ1v) is 8.08. The van der Waals surface area contributed by atoms with Crippen molar-refractivity contribution in [3.63, 3.8) is 0 Å². The van der Waals surface area contributed by atoms with Gasteiger partial charge < -0.3 is 16.4 Å². The highest BCUT2D eigenvalue weighted by atomic mass is 16.2. The summed E-state index contributed by atoms with van der Waals surface area (Å²) < 4.78 is 0. The molecule has 1 aromatic rings. The van der Waals surface area contributed by atoms with Crippen LogP contribution in [0.2, 0.25) is 0 Å². The predicted octanol–water partition coefficient (Wildman–Crippen LogP) is 2.49. The van der Waals surface area contributed by atoms with E-state index in [1.165, 1.54) is 0 Å². The second-order valence-corrected chi connectivity index (χ2v) is 6.45. The van der Waals surface area contributed by atoms with E-state index in [9.17, 15) is 9.59 Å². The van der Waals surface area contributed by atoms with E-state index in [2.05, 4.69) is 10.6 Å². The molecule has 0 spiro atoms. The molecule has 3 rings (SSSR count). The molecule has 5 heteroatoms. The van der Waals surface area contributed by atoms with Crippen LogP contribution in [0.15, 0.2) is 24.3 Å². The highest BCUT2D eigenvalue weighted by Gasteiger charge is 2.29. The van der Waals surface area contributed by atoms with E-state index >= 15 is 0 Å². The molecular formula is C17H23N3O2. The first-order valence-electron chi connectivity index (χ1n) is 8.08. The highest BCUT2D eigenvalue weighted by molar-refractivity contribution is 5.95. The maximum atomic E-state index is 12.0. The Hall–Kier alpha value is -1.88. The number of nitrogens with two attached hydrogens (primary N) is 1. The number of hydrogen-bond acceptors (Lipinski definition) is 3. The number of benzene rings is 1. The van der Waals surface area contributed by atoms with Crippen LogP contribution >= 0.6 is 0 Å². The van der Waals surface area contributed by atoms with Gasteiger partial charge in [-0.15, -0.1) is 0 Å². The molecule has 0 heterocycles. The Balaban J connectivity index is 1.49. The van der Waals surface area contributed by atoms with Crippen LogP contribution < -0.4 is 16.4 Å². The summed E-state index contributed by atoms with van der Waals surface area (Å²) in [7, 11) is 0. The Labute approximate surface area is 130 Å². The zero-order valence-electron chi connectivity index (χ0n) is 12.7. The Kier molecular flexibility index (Phi) is 4.43. The molecule has 0 radical (unpaired) electrons. The van der Waals surface area contributed by atoms with Crippen LogP contribution in [0.3, 0.4) is 0 Å². The molecule has 0 aromatic heterocycles. The lowest BCUT2D eigenvalue weighted by Crippen LogP contribution is -2.28. The quantitative estimate of drug-likeness (QED) is 0.781. The first kappa shape index (κ1) is 15.0. The molecule has 2 aliphatic rings. The van der Waals surface area contributed by atoms with Crippen molar-refractivity contribution in [2.75, 3.05) is 10.6 Å². The molecule has 0 aliphatic heterocycles. The molecule has 4 N–H and O–H groups in total. The number of carbonyl (C=O) groups is 2. The van der Waals surface area contributed by atoms with Crippen LogP contribution in [-0.4, -0.2) is 17.9 Å².